The molecular formula is C20H22N2O3. The van der Waals surface area contributed by atoms with Crippen LogP contribution in [-0.4, -0.2) is 36.9 Å². The van der Waals surface area contributed by atoms with E-state index in [0.29, 0.717) is 6.54 Å². The highest BCUT2D eigenvalue weighted by Gasteiger charge is 2.12. The molecule has 1 N–H and O–H groups in total. The van der Waals surface area contributed by atoms with E-state index in [1.54, 1.807) is 7.05 Å². The van der Waals surface area contributed by atoms with Gasteiger partial charge in [-0.25, -0.2) is 0 Å². The average Bonchev–Trinajstić information content (AvgIpc) is 3.08. The van der Waals surface area contributed by atoms with Crippen molar-refractivity contribution < 1.29 is 14.3 Å². The first-order valence-electron chi connectivity index (χ1n) is 8.36. The van der Waals surface area contributed by atoms with E-state index in [1.807, 2.05) is 18.2 Å². The minimum atomic E-state index is -0.166. The van der Waals surface area contributed by atoms with E-state index >= 15 is 0 Å². The summed E-state index contributed by atoms with van der Waals surface area (Å²) in [7, 11) is 1.61. The molecule has 2 aromatic carbocycles. The third-order valence-corrected chi connectivity index (χ3v) is 4.38. The molecule has 0 spiro atoms. The van der Waals surface area contributed by atoms with Crippen LogP contribution < -0.4 is 10.1 Å². The highest BCUT2D eigenvalue weighted by Crippen LogP contribution is 2.30. The Labute approximate surface area is 147 Å². The van der Waals surface area contributed by atoms with Crippen molar-refractivity contribution in [2.24, 2.45) is 0 Å². The summed E-state index contributed by atoms with van der Waals surface area (Å²) in [6, 6.07) is 14.4. The fraction of sp³-hybridized carbons (Fsp3) is 0.300. The summed E-state index contributed by atoms with van der Waals surface area (Å²) >= 11 is 0. The van der Waals surface area contributed by atoms with Crippen LogP contribution in [0.25, 0.3) is 11.1 Å². The molecule has 1 aliphatic heterocycles. The maximum atomic E-state index is 11.8. The molecule has 3 rings (SSSR count). The van der Waals surface area contributed by atoms with Crippen LogP contribution in [0.15, 0.2) is 42.5 Å². The van der Waals surface area contributed by atoms with Gasteiger partial charge in [-0.2, -0.15) is 0 Å². The minimum absolute atomic E-state index is 0.0740. The van der Waals surface area contributed by atoms with Crippen LogP contribution in [0.5, 0.6) is 5.75 Å². The first-order chi connectivity index (χ1) is 12.0. The third kappa shape index (κ3) is 4.18. The average molecular weight is 338 g/mol. The van der Waals surface area contributed by atoms with Gasteiger partial charge in [0, 0.05) is 26.9 Å². The van der Waals surface area contributed by atoms with Crippen molar-refractivity contribution in [2.45, 2.75) is 19.9 Å². The van der Waals surface area contributed by atoms with E-state index < -0.39 is 0 Å². The lowest BCUT2D eigenvalue weighted by Crippen LogP contribution is -2.36. The zero-order valence-electron chi connectivity index (χ0n) is 14.5. The van der Waals surface area contributed by atoms with Gasteiger partial charge in [-0.15, -0.1) is 0 Å². The number of hydrogen-bond donors (Lipinski definition) is 1. The fourth-order valence-corrected chi connectivity index (χ4v) is 2.76. The van der Waals surface area contributed by atoms with Crippen molar-refractivity contribution >= 4 is 11.8 Å². The van der Waals surface area contributed by atoms with Crippen LogP contribution in [0.3, 0.4) is 0 Å². The number of fused-ring (bicyclic) bond motifs is 1. The van der Waals surface area contributed by atoms with Crippen LogP contribution in [0.4, 0.5) is 0 Å². The normalized spacial score (nSPS) is 12.2. The molecule has 0 saturated carbocycles. The summed E-state index contributed by atoms with van der Waals surface area (Å²) in [6.45, 7) is 2.72. The Balaban J connectivity index is 1.59. The van der Waals surface area contributed by atoms with Crippen LogP contribution >= 0.6 is 0 Å². The molecule has 5 nitrogen and oxygen atoms in total. The Morgan fingerprint density at radius 1 is 1.12 bits per heavy atom. The van der Waals surface area contributed by atoms with Gasteiger partial charge in [0.25, 0.3) is 0 Å². The van der Waals surface area contributed by atoms with Crippen LogP contribution in [0, 0.1) is 0 Å². The van der Waals surface area contributed by atoms with Gasteiger partial charge in [-0.05, 0) is 34.4 Å². The van der Waals surface area contributed by atoms with Gasteiger partial charge in [0.2, 0.25) is 11.8 Å². The zero-order chi connectivity index (χ0) is 17.8. The maximum Gasteiger partial charge on any atom is 0.239 e. The lowest BCUT2D eigenvalue weighted by molar-refractivity contribution is -0.133. The van der Waals surface area contributed by atoms with Crippen LogP contribution in [0.2, 0.25) is 0 Å². The molecule has 1 aliphatic rings. The fourth-order valence-electron chi connectivity index (χ4n) is 2.76. The molecule has 130 valence electrons. The second-order valence-electron chi connectivity index (χ2n) is 6.27. The largest absolute Gasteiger partial charge is 0.493 e. The number of carbonyl (C=O) groups excluding carboxylic acids is 2. The molecule has 0 bridgehead atoms. The lowest BCUT2D eigenvalue weighted by atomic mass is 10.0. The van der Waals surface area contributed by atoms with E-state index in [-0.39, 0.29) is 18.4 Å². The minimum Gasteiger partial charge on any atom is -0.493 e. The predicted octanol–water partition coefficient (Wildman–Crippen LogP) is 2.38. The van der Waals surface area contributed by atoms with Gasteiger partial charge in [-0.3, -0.25) is 9.59 Å². The smallest absolute Gasteiger partial charge is 0.239 e. The summed E-state index contributed by atoms with van der Waals surface area (Å²) in [4.78, 5) is 24.3. The molecule has 0 atom stereocenters. The number of amides is 2. The van der Waals surface area contributed by atoms with Gasteiger partial charge >= 0.3 is 0 Å². The Morgan fingerprint density at radius 2 is 1.84 bits per heavy atom. The summed E-state index contributed by atoms with van der Waals surface area (Å²) in [6.07, 6.45) is 0.960. The topological polar surface area (TPSA) is 58.6 Å². The van der Waals surface area contributed by atoms with E-state index in [1.165, 1.54) is 23.0 Å². The van der Waals surface area contributed by atoms with E-state index in [0.717, 1.165) is 29.9 Å². The standard InChI is InChI=1S/C20H22N2O3/c1-14(23)22(2)13-20(24)21-12-15-3-5-16(6-4-15)17-7-8-19-18(11-17)9-10-25-19/h3-8,11H,9-10,12-13H2,1-2H3,(H,21,24). The molecular weight excluding hydrogens is 316 g/mol. The third-order valence-electron chi connectivity index (χ3n) is 4.38. The molecule has 2 aromatic rings. The van der Waals surface area contributed by atoms with Crippen molar-refractivity contribution in [3.05, 3.63) is 53.6 Å². The number of carbonyl (C=O) groups is 2. The first-order valence-corrected chi connectivity index (χ1v) is 8.36. The Kier molecular flexibility index (Phi) is 5.03. The molecule has 0 unspecified atom stereocenters. The Morgan fingerprint density at radius 3 is 2.56 bits per heavy atom. The van der Waals surface area contributed by atoms with Gasteiger partial charge in [0.05, 0.1) is 13.2 Å². The molecule has 0 radical (unpaired) electrons. The van der Waals surface area contributed by atoms with Crippen molar-refractivity contribution in [2.75, 3.05) is 20.2 Å². The maximum absolute atomic E-state index is 11.8. The highest BCUT2D eigenvalue weighted by molar-refractivity contribution is 5.83. The van der Waals surface area contributed by atoms with Crippen molar-refractivity contribution in [1.29, 1.82) is 0 Å². The number of likely N-dealkylation sites (N-methyl/N-ethyl adjacent to an activating group) is 1. The molecule has 5 heteroatoms. The van der Waals surface area contributed by atoms with E-state index in [2.05, 4.69) is 29.6 Å². The van der Waals surface area contributed by atoms with Gasteiger partial charge in [0.15, 0.2) is 0 Å². The first kappa shape index (κ1) is 17.0. The van der Waals surface area contributed by atoms with E-state index in [4.69, 9.17) is 4.74 Å². The molecule has 25 heavy (non-hydrogen) atoms. The van der Waals surface area contributed by atoms with Crippen molar-refractivity contribution in [3.8, 4) is 16.9 Å². The Hall–Kier alpha value is -2.82. The quantitative estimate of drug-likeness (QED) is 0.911. The highest BCUT2D eigenvalue weighted by atomic mass is 16.5. The summed E-state index contributed by atoms with van der Waals surface area (Å²) in [5.41, 5.74) is 4.58. The number of rotatable bonds is 5. The zero-order valence-corrected chi connectivity index (χ0v) is 14.5. The molecule has 0 aliphatic carbocycles. The van der Waals surface area contributed by atoms with Gasteiger partial charge in [0.1, 0.15) is 5.75 Å². The lowest BCUT2D eigenvalue weighted by Gasteiger charge is -2.14. The van der Waals surface area contributed by atoms with Gasteiger partial charge in [-0.1, -0.05) is 30.3 Å². The molecule has 1 heterocycles. The number of hydrogen-bond acceptors (Lipinski definition) is 3. The predicted molar refractivity (Wildman–Crippen MR) is 96.2 cm³/mol. The summed E-state index contributed by atoms with van der Waals surface area (Å²) < 4.78 is 5.54. The van der Waals surface area contributed by atoms with E-state index in [9.17, 15) is 9.59 Å². The summed E-state index contributed by atoms with van der Waals surface area (Å²) in [5, 5.41) is 2.83. The Bertz CT molecular complexity index is 784. The van der Waals surface area contributed by atoms with Crippen molar-refractivity contribution in [1.82, 2.24) is 10.2 Å². The summed E-state index contributed by atoms with van der Waals surface area (Å²) in [5.74, 6) is 0.693. The van der Waals surface area contributed by atoms with Crippen LogP contribution in [-0.2, 0) is 22.6 Å². The number of ether oxygens (including phenoxy) is 1. The SMILES string of the molecule is CC(=O)N(C)CC(=O)NCc1ccc(-c2ccc3c(c2)CCO3)cc1. The van der Waals surface area contributed by atoms with Gasteiger partial charge < -0.3 is 15.0 Å². The van der Waals surface area contributed by atoms with Crippen LogP contribution in [0.1, 0.15) is 18.1 Å². The monoisotopic (exact) mass is 338 g/mol. The second kappa shape index (κ2) is 7.38. The molecule has 2 amide bonds. The number of nitrogens with zero attached hydrogens (tertiary/aromatic N) is 1. The number of benzene rings is 2. The molecule has 0 saturated heterocycles. The second-order valence-corrected chi connectivity index (χ2v) is 6.27. The van der Waals surface area contributed by atoms with Crippen molar-refractivity contribution in [3.63, 3.8) is 0 Å². The molecule has 0 fully saturated rings. The number of nitrogens with one attached hydrogen (secondary N) is 1. The molecule has 0 aromatic heterocycles.